The molecule has 0 heterocycles. The van der Waals surface area contributed by atoms with Crippen LogP contribution in [0.5, 0.6) is 17.2 Å². The molecule has 0 saturated carbocycles. The summed E-state index contributed by atoms with van der Waals surface area (Å²) < 4.78 is 16.9. The molecule has 0 unspecified atom stereocenters. The standard InChI is InChI=1S/C19H22BrNO4/c1-4-25-16-8-6-14(20)12-15(16)19(22)21-10-9-13-5-7-17(23-2)18(11-13)24-3/h5-8,11-12H,4,9-10H2,1-3H3,(H,21,22). The summed E-state index contributed by atoms with van der Waals surface area (Å²) in [5, 5.41) is 2.93. The van der Waals surface area contributed by atoms with E-state index in [1.807, 2.05) is 31.2 Å². The van der Waals surface area contributed by atoms with E-state index in [-0.39, 0.29) is 5.91 Å². The number of ether oxygens (including phenoxy) is 3. The maximum absolute atomic E-state index is 12.4. The van der Waals surface area contributed by atoms with Crippen molar-refractivity contribution in [1.82, 2.24) is 5.32 Å². The minimum atomic E-state index is -0.162. The van der Waals surface area contributed by atoms with E-state index in [0.29, 0.717) is 42.4 Å². The van der Waals surface area contributed by atoms with Gasteiger partial charge in [-0.25, -0.2) is 0 Å². The second-order valence-electron chi connectivity index (χ2n) is 5.27. The van der Waals surface area contributed by atoms with E-state index in [2.05, 4.69) is 21.2 Å². The van der Waals surface area contributed by atoms with Crippen molar-refractivity contribution in [2.45, 2.75) is 13.3 Å². The number of rotatable bonds is 8. The molecule has 2 aromatic carbocycles. The molecule has 6 heteroatoms. The first-order valence-electron chi connectivity index (χ1n) is 8.00. The molecule has 0 radical (unpaired) electrons. The zero-order valence-electron chi connectivity index (χ0n) is 14.6. The molecule has 134 valence electrons. The molecule has 25 heavy (non-hydrogen) atoms. The summed E-state index contributed by atoms with van der Waals surface area (Å²) >= 11 is 3.39. The van der Waals surface area contributed by atoms with Gasteiger partial charge in [-0.2, -0.15) is 0 Å². The van der Waals surface area contributed by atoms with Crippen LogP contribution in [0.1, 0.15) is 22.8 Å². The topological polar surface area (TPSA) is 56.8 Å². The lowest BCUT2D eigenvalue weighted by Crippen LogP contribution is -2.26. The Labute approximate surface area is 156 Å². The van der Waals surface area contributed by atoms with Crippen molar-refractivity contribution in [2.24, 2.45) is 0 Å². The van der Waals surface area contributed by atoms with Gasteiger partial charge in [-0.3, -0.25) is 4.79 Å². The summed E-state index contributed by atoms with van der Waals surface area (Å²) in [4.78, 5) is 12.4. The highest BCUT2D eigenvalue weighted by molar-refractivity contribution is 9.10. The molecule has 0 bridgehead atoms. The van der Waals surface area contributed by atoms with Crippen molar-refractivity contribution in [3.05, 3.63) is 52.0 Å². The fourth-order valence-electron chi connectivity index (χ4n) is 2.41. The van der Waals surface area contributed by atoms with Gasteiger partial charge in [0, 0.05) is 11.0 Å². The molecule has 2 aromatic rings. The Bertz CT molecular complexity index is 733. The number of nitrogens with one attached hydrogen (secondary N) is 1. The van der Waals surface area contributed by atoms with Crippen molar-refractivity contribution >= 4 is 21.8 Å². The molecule has 1 N–H and O–H groups in total. The van der Waals surface area contributed by atoms with E-state index in [1.165, 1.54) is 0 Å². The molecule has 0 aliphatic carbocycles. The monoisotopic (exact) mass is 407 g/mol. The predicted octanol–water partition coefficient (Wildman–Crippen LogP) is 3.84. The number of carbonyl (C=O) groups is 1. The van der Waals surface area contributed by atoms with Gasteiger partial charge >= 0.3 is 0 Å². The van der Waals surface area contributed by atoms with E-state index in [4.69, 9.17) is 14.2 Å². The van der Waals surface area contributed by atoms with Gasteiger partial charge in [0.05, 0.1) is 26.4 Å². The van der Waals surface area contributed by atoms with E-state index in [9.17, 15) is 4.79 Å². The lowest BCUT2D eigenvalue weighted by atomic mass is 10.1. The molecular weight excluding hydrogens is 386 g/mol. The zero-order valence-corrected chi connectivity index (χ0v) is 16.2. The number of hydrogen-bond acceptors (Lipinski definition) is 4. The van der Waals surface area contributed by atoms with E-state index >= 15 is 0 Å². The fourth-order valence-corrected chi connectivity index (χ4v) is 2.77. The largest absolute Gasteiger partial charge is 0.493 e. The molecule has 0 aliphatic rings. The minimum Gasteiger partial charge on any atom is -0.493 e. The Morgan fingerprint density at radius 2 is 1.76 bits per heavy atom. The lowest BCUT2D eigenvalue weighted by Gasteiger charge is -2.12. The van der Waals surface area contributed by atoms with Gasteiger partial charge < -0.3 is 19.5 Å². The molecular formula is C19H22BrNO4. The van der Waals surface area contributed by atoms with E-state index in [0.717, 1.165) is 10.0 Å². The smallest absolute Gasteiger partial charge is 0.255 e. The highest BCUT2D eigenvalue weighted by Crippen LogP contribution is 2.27. The van der Waals surface area contributed by atoms with Gasteiger partial charge in [-0.05, 0) is 49.2 Å². The van der Waals surface area contributed by atoms with Crippen LogP contribution in [0.15, 0.2) is 40.9 Å². The predicted molar refractivity (Wildman–Crippen MR) is 101 cm³/mol. The Hall–Kier alpha value is -2.21. The van der Waals surface area contributed by atoms with Crippen LogP contribution in [-0.2, 0) is 6.42 Å². The van der Waals surface area contributed by atoms with Crippen LogP contribution in [0.3, 0.4) is 0 Å². The molecule has 5 nitrogen and oxygen atoms in total. The third-order valence-corrected chi connectivity index (χ3v) is 4.13. The summed E-state index contributed by atoms with van der Waals surface area (Å²) in [7, 11) is 3.21. The van der Waals surface area contributed by atoms with Crippen LogP contribution in [0.4, 0.5) is 0 Å². The third kappa shape index (κ3) is 5.13. The van der Waals surface area contributed by atoms with E-state index < -0.39 is 0 Å². The molecule has 2 rings (SSSR count). The van der Waals surface area contributed by atoms with Crippen LogP contribution in [0, 0.1) is 0 Å². The normalized spacial score (nSPS) is 10.2. The Balaban J connectivity index is 2.00. The first-order chi connectivity index (χ1) is 12.1. The molecule has 0 aromatic heterocycles. The van der Waals surface area contributed by atoms with Crippen molar-refractivity contribution in [2.75, 3.05) is 27.4 Å². The van der Waals surface area contributed by atoms with Crippen molar-refractivity contribution < 1.29 is 19.0 Å². The zero-order chi connectivity index (χ0) is 18.2. The quantitative estimate of drug-likeness (QED) is 0.721. The molecule has 0 fully saturated rings. The summed E-state index contributed by atoms with van der Waals surface area (Å²) in [6.45, 7) is 2.90. The Morgan fingerprint density at radius 3 is 2.44 bits per heavy atom. The summed E-state index contributed by atoms with van der Waals surface area (Å²) in [6, 6.07) is 11.1. The van der Waals surface area contributed by atoms with Gasteiger partial charge in [0.2, 0.25) is 0 Å². The van der Waals surface area contributed by atoms with Gasteiger partial charge in [0.15, 0.2) is 11.5 Å². The number of methoxy groups -OCH3 is 2. The van der Waals surface area contributed by atoms with Gasteiger partial charge in [-0.15, -0.1) is 0 Å². The second-order valence-corrected chi connectivity index (χ2v) is 6.18. The second kappa shape index (κ2) is 9.32. The number of benzene rings is 2. The minimum absolute atomic E-state index is 0.162. The molecule has 0 atom stereocenters. The Morgan fingerprint density at radius 1 is 1.04 bits per heavy atom. The molecule has 0 aliphatic heterocycles. The number of hydrogen-bond donors (Lipinski definition) is 1. The first kappa shape index (κ1) is 19.1. The number of carbonyl (C=O) groups excluding carboxylic acids is 1. The third-order valence-electron chi connectivity index (χ3n) is 3.63. The van der Waals surface area contributed by atoms with Crippen molar-refractivity contribution in [3.63, 3.8) is 0 Å². The van der Waals surface area contributed by atoms with Crippen LogP contribution < -0.4 is 19.5 Å². The van der Waals surface area contributed by atoms with Crippen LogP contribution >= 0.6 is 15.9 Å². The van der Waals surface area contributed by atoms with Crippen LogP contribution in [-0.4, -0.2) is 33.3 Å². The first-order valence-corrected chi connectivity index (χ1v) is 8.79. The highest BCUT2D eigenvalue weighted by Gasteiger charge is 2.13. The summed E-state index contributed by atoms with van der Waals surface area (Å²) in [5.41, 5.74) is 1.57. The number of halogens is 1. The van der Waals surface area contributed by atoms with E-state index in [1.54, 1.807) is 26.4 Å². The highest BCUT2D eigenvalue weighted by atomic mass is 79.9. The lowest BCUT2D eigenvalue weighted by molar-refractivity contribution is 0.0950. The van der Waals surface area contributed by atoms with Crippen molar-refractivity contribution in [1.29, 1.82) is 0 Å². The molecule has 0 spiro atoms. The van der Waals surface area contributed by atoms with Crippen LogP contribution in [0.25, 0.3) is 0 Å². The molecule has 1 amide bonds. The maximum Gasteiger partial charge on any atom is 0.255 e. The summed E-state index contributed by atoms with van der Waals surface area (Å²) in [5.74, 6) is 1.78. The maximum atomic E-state index is 12.4. The number of amides is 1. The summed E-state index contributed by atoms with van der Waals surface area (Å²) in [6.07, 6.45) is 0.685. The Kier molecular flexibility index (Phi) is 7.13. The van der Waals surface area contributed by atoms with Gasteiger partial charge in [-0.1, -0.05) is 22.0 Å². The average Bonchev–Trinajstić information content (AvgIpc) is 2.63. The van der Waals surface area contributed by atoms with Crippen molar-refractivity contribution in [3.8, 4) is 17.2 Å². The molecule has 0 saturated heterocycles. The van der Waals surface area contributed by atoms with Gasteiger partial charge in [0.1, 0.15) is 5.75 Å². The SMILES string of the molecule is CCOc1ccc(Br)cc1C(=O)NCCc1ccc(OC)c(OC)c1. The van der Waals surface area contributed by atoms with Crippen LogP contribution in [0.2, 0.25) is 0 Å². The average molecular weight is 408 g/mol. The van der Waals surface area contributed by atoms with Gasteiger partial charge in [0.25, 0.3) is 5.91 Å². The fraction of sp³-hybridized carbons (Fsp3) is 0.316.